The van der Waals surface area contributed by atoms with Crippen LogP contribution in [-0.4, -0.2) is 27.3 Å². The molecule has 0 radical (unpaired) electrons. The summed E-state index contributed by atoms with van der Waals surface area (Å²) in [6, 6.07) is 12.8. The van der Waals surface area contributed by atoms with E-state index in [1.165, 1.54) is 33.9 Å². The lowest BCUT2D eigenvalue weighted by Gasteiger charge is -2.25. The SMILES string of the molecule is CC(=O)N1CCc2c(sc(Nc3nc4ccc(F)cc4s3)c2-c2nc3ccccc3s2)C1. The molecule has 4 heterocycles. The van der Waals surface area contributed by atoms with Gasteiger partial charge in [-0.2, -0.15) is 0 Å². The highest BCUT2D eigenvalue weighted by atomic mass is 32.1. The van der Waals surface area contributed by atoms with Crippen LogP contribution in [-0.2, 0) is 17.8 Å². The lowest BCUT2D eigenvalue weighted by Crippen LogP contribution is -2.33. The Morgan fingerprint density at radius 1 is 1.06 bits per heavy atom. The van der Waals surface area contributed by atoms with E-state index in [4.69, 9.17) is 4.98 Å². The molecule has 0 bridgehead atoms. The zero-order chi connectivity index (χ0) is 21.8. The van der Waals surface area contributed by atoms with Gasteiger partial charge in [0.25, 0.3) is 0 Å². The zero-order valence-corrected chi connectivity index (χ0v) is 19.5. The molecule has 0 saturated carbocycles. The van der Waals surface area contributed by atoms with Gasteiger partial charge >= 0.3 is 0 Å². The topological polar surface area (TPSA) is 58.1 Å². The van der Waals surface area contributed by atoms with Crippen molar-refractivity contribution in [2.75, 3.05) is 11.9 Å². The average molecular weight is 481 g/mol. The number of aromatic nitrogens is 2. The van der Waals surface area contributed by atoms with Gasteiger partial charge in [0.15, 0.2) is 5.13 Å². The van der Waals surface area contributed by atoms with Gasteiger partial charge < -0.3 is 10.2 Å². The number of hydrogen-bond acceptors (Lipinski definition) is 7. The highest BCUT2D eigenvalue weighted by molar-refractivity contribution is 7.24. The number of amides is 1. The van der Waals surface area contributed by atoms with Crippen LogP contribution in [0.1, 0.15) is 17.4 Å². The fraction of sp³-hybridized carbons (Fsp3) is 0.174. The minimum atomic E-state index is -0.265. The van der Waals surface area contributed by atoms with E-state index in [1.54, 1.807) is 35.7 Å². The second-order valence-corrected chi connectivity index (χ2v) is 10.8. The third-order valence-corrected chi connectivity index (χ3v) is 8.70. The first-order chi connectivity index (χ1) is 15.5. The standard InChI is InChI=1S/C23H17FN4OS3/c1-12(29)28-9-8-14-19(11-28)31-22(20(14)21-25-15-4-2-3-5-17(15)30-21)27-23-26-16-7-6-13(24)10-18(16)32-23/h2-7,10H,8-9,11H2,1H3,(H,26,27). The normalized spacial score (nSPS) is 13.6. The van der Waals surface area contributed by atoms with Gasteiger partial charge in [-0.25, -0.2) is 14.4 Å². The second-order valence-electron chi connectivity index (χ2n) is 7.64. The maximum Gasteiger partial charge on any atom is 0.219 e. The summed E-state index contributed by atoms with van der Waals surface area (Å²) >= 11 is 4.75. The van der Waals surface area contributed by atoms with Crippen molar-refractivity contribution in [3.8, 4) is 10.6 Å². The van der Waals surface area contributed by atoms with Crippen LogP contribution in [0.5, 0.6) is 0 Å². The molecule has 5 aromatic rings. The first-order valence-corrected chi connectivity index (χ1v) is 12.6. The summed E-state index contributed by atoms with van der Waals surface area (Å²) in [5, 5.41) is 6.15. The molecule has 3 aromatic heterocycles. The Balaban J connectivity index is 1.47. The number of para-hydroxylation sites is 1. The maximum absolute atomic E-state index is 13.6. The summed E-state index contributed by atoms with van der Waals surface area (Å²) in [7, 11) is 0. The van der Waals surface area contributed by atoms with E-state index in [0.29, 0.717) is 13.1 Å². The first kappa shape index (κ1) is 19.8. The maximum atomic E-state index is 13.6. The van der Waals surface area contributed by atoms with Crippen molar-refractivity contribution in [1.29, 1.82) is 0 Å². The summed E-state index contributed by atoms with van der Waals surface area (Å²) in [6.45, 7) is 2.93. The number of nitrogens with one attached hydrogen (secondary N) is 1. The predicted molar refractivity (Wildman–Crippen MR) is 131 cm³/mol. The van der Waals surface area contributed by atoms with Gasteiger partial charge in [0.1, 0.15) is 15.8 Å². The van der Waals surface area contributed by atoms with Gasteiger partial charge in [-0.3, -0.25) is 4.79 Å². The molecule has 160 valence electrons. The molecular weight excluding hydrogens is 463 g/mol. The largest absolute Gasteiger partial charge is 0.337 e. The monoisotopic (exact) mass is 480 g/mol. The third-order valence-electron chi connectivity index (χ3n) is 5.58. The summed E-state index contributed by atoms with van der Waals surface area (Å²) in [6.07, 6.45) is 0.795. The lowest BCUT2D eigenvalue weighted by molar-refractivity contribution is -0.129. The smallest absolute Gasteiger partial charge is 0.219 e. The van der Waals surface area contributed by atoms with Crippen molar-refractivity contribution < 1.29 is 9.18 Å². The fourth-order valence-corrected chi connectivity index (χ4v) is 7.35. The van der Waals surface area contributed by atoms with Crippen LogP contribution in [0, 0.1) is 5.82 Å². The van der Waals surface area contributed by atoms with Gasteiger partial charge in [0.05, 0.1) is 27.0 Å². The van der Waals surface area contributed by atoms with Crippen LogP contribution in [0.25, 0.3) is 31.0 Å². The van der Waals surface area contributed by atoms with Crippen LogP contribution in [0.15, 0.2) is 42.5 Å². The van der Waals surface area contributed by atoms with E-state index in [1.807, 2.05) is 23.1 Å². The van der Waals surface area contributed by atoms with Gasteiger partial charge in [-0.05, 0) is 42.3 Å². The molecular formula is C23H17FN4OS3. The molecule has 32 heavy (non-hydrogen) atoms. The third kappa shape index (κ3) is 3.37. The molecule has 0 spiro atoms. The molecule has 1 aliphatic heterocycles. The quantitative estimate of drug-likeness (QED) is 0.324. The summed E-state index contributed by atoms with van der Waals surface area (Å²) in [5.74, 6) is -0.174. The number of thiophene rings is 1. The Bertz CT molecular complexity index is 1470. The molecule has 1 N–H and O–H groups in total. The molecule has 1 aliphatic rings. The molecule has 0 unspecified atom stereocenters. The Labute approximate surface area is 195 Å². The first-order valence-electron chi connectivity index (χ1n) is 10.1. The number of nitrogens with zero attached hydrogens (tertiary/aromatic N) is 3. The van der Waals surface area contributed by atoms with Crippen LogP contribution in [0.2, 0.25) is 0 Å². The number of fused-ring (bicyclic) bond motifs is 3. The van der Waals surface area contributed by atoms with E-state index in [9.17, 15) is 9.18 Å². The number of carbonyl (C=O) groups excluding carboxylic acids is 1. The number of benzene rings is 2. The molecule has 0 fully saturated rings. The van der Waals surface area contributed by atoms with Gasteiger partial charge in [-0.15, -0.1) is 22.7 Å². The van der Waals surface area contributed by atoms with E-state index < -0.39 is 0 Å². The van der Waals surface area contributed by atoms with Crippen LogP contribution in [0.3, 0.4) is 0 Å². The van der Waals surface area contributed by atoms with E-state index in [2.05, 4.69) is 16.4 Å². The predicted octanol–water partition coefficient (Wildman–Crippen LogP) is 6.42. The Morgan fingerprint density at radius 3 is 2.75 bits per heavy atom. The number of thiazole rings is 2. The summed E-state index contributed by atoms with van der Waals surface area (Å²) < 4.78 is 15.6. The minimum Gasteiger partial charge on any atom is -0.337 e. The number of halogens is 1. The number of rotatable bonds is 3. The van der Waals surface area contributed by atoms with Gasteiger partial charge in [-0.1, -0.05) is 23.5 Å². The Morgan fingerprint density at radius 2 is 1.91 bits per heavy atom. The van der Waals surface area contributed by atoms with Gasteiger partial charge in [0, 0.05) is 23.9 Å². The van der Waals surface area contributed by atoms with E-state index in [-0.39, 0.29) is 11.7 Å². The van der Waals surface area contributed by atoms with Gasteiger partial charge in [0.2, 0.25) is 5.91 Å². The van der Waals surface area contributed by atoms with Crippen molar-refractivity contribution in [1.82, 2.24) is 14.9 Å². The van der Waals surface area contributed by atoms with Crippen LogP contribution in [0.4, 0.5) is 14.5 Å². The zero-order valence-electron chi connectivity index (χ0n) is 17.0. The Kier molecular flexibility index (Phi) is 4.71. The van der Waals surface area contributed by atoms with E-state index in [0.717, 1.165) is 47.6 Å². The van der Waals surface area contributed by atoms with Crippen molar-refractivity contribution in [2.45, 2.75) is 19.9 Å². The summed E-state index contributed by atoms with van der Waals surface area (Å²) in [4.78, 5) is 24.6. The van der Waals surface area contributed by atoms with Crippen molar-refractivity contribution in [2.24, 2.45) is 0 Å². The van der Waals surface area contributed by atoms with Crippen molar-refractivity contribution in [3.63, 3.8) is 0 Å². The molecule has 0 saturated heterocycles. The van der Waals surface area contributed by atoms with Crippen LogP contribution >= 0.6 is 34.0 Å². The van der Waals surface area contributed by atoms with E-state index >= 15 is 0 Å². The average Bonchev–Trinajstić information content (AvgIpc) is 3.46. The van der Waals surface area contributed by atoms with Crippen LogP contribution < -0.4 is 5.32 Å². The number of anilines is 2. The second kappa shape index (κ2) is 7.61. The molecule has 9 heteroatoms. The molecule has 1 amide bonds. The molecule has 0 atom stereocenters. The molecule has 5 nitrogen and oxygen atoms in total. The lowest BCUT2D eigenvalue weighted by atomic mass is 10.0. The fourth-order valence-electron chi connectivity index (χ4n) is 4.01. The van der Waals surface area contributed by atoms with Crippen molar-refractivity contribution >= 4 is 70.5 Å². The highest BCUT2D eigenvalue weighted by Gasteiger charge is 2.28. The molecule has 0 aliphatic carbocycles. The molecule has 6 rings (SSSR count). The van der Waals surface area contributed by atoms with Crippen molar-refractivity contribution in [3.05, 3.63) is 58.7 Å². The Hall–Kier alpha value is -2.88. The number of hydrogen-bond donors (Lipinski definition) is 1. The highest BCUT2D eigenvalue weighted by Crippen LogP contribution is 2.47. The molecule has 2 aromatic carbocycles. The number of carbonyl (C=O) groups is 1. The summed E-state index contributed by atoms with van der Waals surface area (Å²) in [5.41, 5.74) is 4.10. The minimum absolute atomic E-state index is 0.0910.